The number of hydrogen-bond donors (Lipinski definition) is 0. The van der Waals surface area contributed by atoms with Gasteiger partial charge in [0.1, 0.15) is 9.30 Å². The number of rotatable bonds is 3. The molecule has 0 amide bonds. The first-order valence-corrected chi connectivity index (χ1v) is 6.54. The summed E-state index contributed by atoms with van der Waals surface area (Å²) >= 11 is 2.18. The Morgan fingerprint density at radius 3 is 2.62 bits per heavy atom. The average Bonchev–Trinajstić information content (AvgIpc) is 2.93. The molecule has 0 spiro atoms. The van der Waals surface area contributed by atoms with Crippen molar-refractivity contribution in [2.75, 3.05) is 0 Å². The zero-order valence-electron chi connectivity index (χ0n) is 9.79. The Labute approximate surface area is 110 Å². The van der Waals surface area contributed by atoms with Crippen LogP contribution in [-0.2, 0) is 0 Å². The summed E-state index contributed by atoms with van der Waals surface area (Å²) in [4.78, 5) is 4.23. The Bertz CT molecular complexity index is 383. The minimum Gasteiger partial charge on any atom is -0.486 e. The van der Waals surface area contributed by atoms with Gasteiger partial charge in [0.15, 0.2) is 11.5 Å². The Morgan fingerprint density at radius 2 is 2.06 bits per heavy atom. The molecule has 1 heterocycles. The summed E-state index contributed by atoms with van der Waals surface area (Å²) in [5.41, 5.74) is -0.232. The van der Waals surface area contributed by atoms with E-state index >= 15 is 0 Å². The number of pyridine rings is 1. The highest BCUT2D eigenvalue weighted by atomic mass is 127. The molecule has 1 aromatic rings. The van der Waals surface area contributed by atoms with Crippen molar-refractivity contribution in [3.63, 3.8) is 0 Å². The minimum absolute atomic E-state index is 0.232. The van der Waals surface area contributed by atoms with Crippen LogP contribution in [-0.4, -0.2) is 16.7 Å². The molecule has 0 saturated heterocycles. The lowest BCUT2D eigenvalue weighted by Gasteiger charge is -2.23. The molecule has 1 aliphatic rings. The second-order valence-corrected chi connectivity index (χ2v) is 5.98. The maximum absolute atomic E-state index is 5.90. The van der Waals surface area contributed by atoms with Crippen LogP contribution in [0.5, 0.6) is 11.5 Å². The fraction of sp³-hybridized carbons (Fsp3) is 0.583. The van der Waals surface area contributed by atoms with Gasteiger partial charge in [-0.05, 0) is 56.2 Å². The normalized spacial score (nSPS) is 16.0. The fourth-order valence-electron chi connectivity index (χ4n) is 1.26. The van der Waals surface area contributed by atoms with Crippen molar-refractivity contribution < 1.29 is 9.47 Å². The molecule has 3 nitrogen and oxygen atoms in total. The number of nitrogens with zero attached hydrogens (tertiary/aromatic N) is 1. The molecule has 2 rings (SSSR count). The van der Waals surface area contributed by atoms with E-state index in [1.165, 1.54) is 0 Å². The van der Waals surface area contributed by atoms with E-state index in [2.05, 4.69) is 27.6 Å². The first-order chi connectivity index (χ1) is 7.46. The SMILES string of the molecule is CC(C)(C)Oc1c(OC2CC2)ccnc1I. The third kappa shape index (κ3) is 3.23. The summed E-state index contributed by atoms with van der Waals surface area (Å²) in [5, 5.41) is 0. The van der Waals surface area contributed by atoms with Crippen molar-refractivity contribution in [3.8, 4) is 11.5 Å². The van der Waals surface area contributed by atoms with Crippen LogP contribution in [0, 0.1) is 3.70 Å². The number of ether oxygens (including phenoxy) is 2. The second kappa shape index (κ2) is 4.39. The van der Waals surface area contributed by atoms with E-state index in [4.69, 9.17) is 9.47 Å². The number of aromatic nitrogens is 1. The van der Waals surface area contributed by atoms with Crippen LogP contribution in [0.1, 0.15) is 33.6 Å². The van der Waals surface area contributed by atoms with Crippen molar-refractivity contribution in [2.45, 2.75) is 45.3 Å². The van der Waals surface area contributed by atoms with Gasteiger partial charge in [0.05, 0.1) is 6.10 Å². The maximum Gasteiger partial charge on any atom is 0.193 e. The van der Waals surface area contributed by atoms with E-state index in [1.54, 1.807) is 6.20 Å². The first kappa shape index (κ1) is 12.0. The lowest BCUT2D eigenvalue weighted by Crippen LogP contribution is -2.24. The summed E-state index contributed by atoms with van der Waals surface area (Å²) < 4.78 is 12.6. The van der Waals surface area contributed by atoms with E-state index < -0.39 is 0 Å². The zero-order chi connectivity index (χ0) is 11.8. The van der Waals surface area contributed by atoms with E-state index in [0.29, 0.717) is 6.10 Å². The molecule has 4 heteroatoms. The van der Waals surface area contributed by atoms with Gasteiger partial charge in [-0.2, -0.15) is 0 Å². The summed E-state index contributed by atoms with van der Waals surface area (Å²) in [6, 6.07) is 1.88. The van der Waals surface area contributed by atoms with Crippen molar-refractivity contribution in [2.24, 2.45) is 0 Å². The summed E-state index contributed by atoms with van der Waals surface area (Å²) in [5.74, 6) is 1.58. The molecule has 0 radical (unpaired) electrons. The Hall–Kier alpha value is -0.520. The van der Waals surface area contributed by atoms with Crippen molar-refractivity contribution in [1.29, 1.82) is 0 Å². The molecule has 0 N–H and O–H groups in total. The van der Waals surface area contributed by atoms with Crippen molar-refractivity contribution in [1.82, 2.24) is 4.98 Å². The van der Waals surface area contributed by atoms with Crippen LogP contribution in [0.15, 0.2) is 12.3 Å². The molecule has 1 saturated carbocycles. The predicted molar refractivity (Wildman–Crippen MR) is 71.0 cm³/mol. The largest absolute Gasteiger partial charge is 0.486 e. The quantitative estimate of drug-likeness (QED) is 0.628. The summed E-state index contributed by atoms with van der Waals surface area (Å²) in [6.07, 6.45) is 4.43. The van der Waals surface area contributed by atoms with Gasteiger partial charge in [0, 0.05) is 12.3 Å². The Balaban J connectivity index is 2.24. The highest BCUT2D eigenvalue weighted by Gasteiger charge is 2.27. The minimum atomic E-state index is -0.232. The van der Waals surface area contributed by atoms with Gasteiger partial charge in [-0.15, -0.1) is 0 Å². The first-order valence-electron chi connectivity index (χ1n) is 5.46. The topological polar surface area (TPSA) is 31.4 Å². The van der Waals surface area contributed by atoms with Crippen LogP contribution in [0.25, 0.3) is 0 Å². The Kier molecular flexibility index (Phi) is 3.28. The molecule has 88 valence electrons. The highest BCUT2D eigenvalue weighted by Crippen LogP contribution is 2.37. The van der Waals surface area contributed by atoms with Crippen molar-refractivity contribution in [3.05, 3.63) is 16.0 Å². The Morgan fingerprint density at radius 1 is 1.38 bits per heavy atom. The van der Waals surface area contributed by atoms with Gasteiger partial charge < -0.3 is 9.47 Å². The molecule has 0 aromatic carbocycles. The highest BCUT2D eigenvalue weighted by molar-refractivity contribution is 14.1. The van der Waals surface area contributed by atoms with Gasteiger partial charge >= 0.3 is 0 Å². The molecule has 0 unspecified atom stereocenters. The molecular formula is C12H16INO2. The van der Waals surface area contributed by atoms with Crippen LogP contribution >= 0.6 is 22.6 Å². The van der Waals surface area contributed by atoms with Gasteiger partial charge in [-0.3, -0.25) is 0 Å². The summed E-state index contributed by atoms with van der Waals surface area (Å²) in [7, 11) is 0. The average molecular weight is 333 g/mol. The third-order valence-electron chi connectivity index (χ3n) is 2.05. The number of hydrogen-bond acceptors (Lipinski definition) is 3. The third-order valence-corrected chi connectivity index (χ3v) is 2.82. The predicted octanol–water partition coefficient (Wildman–Crippen LogP) is 3.40. The lowest BCUT2D eigenvalue weighted by atomic mass is 10.2. The molecular weight excluding hydrogens is 317 g/mol. The molecule has 1 aromatic heterocycles. The van der Waals surface area contributed by atoms with Crippen LogP contribution in [0.3, 0.4) is 0 Å². The standard InChI is InChI=1S/C12H16INO2/c1-12(2,3)16-10-9(15-8-4-5-8)6-7-14-11(10)13/h6-8H,4-5H2,1-3H3. The van der Waals surface area contributed by atoms with Gasteiger partial charge in [0.25, 0.3) is 0 Å². The summed E-state index contributed by atoms with van der Waals surface area (Å²) in [6.45, 7) is 6.07. The van der Waals surface area contributed by atoms with E-state index in [-0.39, 0.29) is 5.60 Å². The van der Waals surface area contributed by atoms with Gasteiger partial charge in [0.2, 0.25) is 0 Å². The van der Waals surface area contributed by atoms with Gasteiger partial charge in [-0.1, -0.05) is 0 Å². The van der Waals surface area contributed by atoms with Crippen LogP contribution in [0.4, 0.5) is 0 Å². The molecule has 0 atom stereocenters. The van der Waals surface area contributed by atoms with E-state index in [0.717, 1.165) is 28.0 Å². The fourth-order valence-corrected chi connectivity index (χ4v) is 1.80. The van der Waals surface area contributed by atoms with Crippen LogP contribution < -0.4 is 9.47 Å². The lowest BCUT2D eigenvalue weighted by molar-refractivity contribution is 0.120. The molecule has 0 bridgehead atoms. The van der Waals surface area contributed by atoms with Crippen molar-refractivity contribution >= 4 is 22.6 Å². The van der Waals surface area contributed by atoms with E-state index in [9.17, 15) is 0 Å². The van der Waals surface area contributed by atoms with Gasteiger partial charge in [-0.25, -0.2) is 4.98 Å². The molecule has 0 aliphatic heterocycles. The number of halogens is 1. The smallest absolute Gasteiger partial charge is 0.193 e. The zero-order valence-corrected chi connectivity index (χ0v) is 11.9. The monoisotopic (exact) mass is 333 g/mol. The second-order valence-electron chi connectivity index (χ2n) is 4.96. The van der Waals surface area contributed by atoms with E-state index in [1.807, 2.05) is 26.8 Å². The molecule has 1 fully saturated rings. The van der Waals surface area contributed by atoms with Crippen LogP contribution in [0.2, 0.25) is 0 Å². The maximum atomic E-state index is 5.90. The molecule has 1 aliphatic carbocycles. The molecule has 16 heavy (non-hydrogen) atoms.